The largest absolute Gasteiger partial charge is 0.329 e. The van der Waals surface area contributed by atoms with Crippen LogP contribution in [0.1, 0.15) is 38.7 Å². The summed E-state index contributed by atoms with van der Waals surface area (Å²) in [5, 5.41) is 3.60. The zero-order valence-electron chi connectivity index (χ0n) is 13.3. The quantitative estimate of drug-likeness (QED) is 0.690. The Labute approximate surface area is 124 Å². The summed E-state index contributed by atoms with van der Waals surface area (Å²) in [4.78, 5) is 2.43. The maximum absolute atomic E-state index is 5.90. The molecule has 20 heavy (non-hydrogen) atoms. The van der Waals surface area contributed by atoms with Gasteiger partial charge in [0.1, 0.15) is 0 Å². The molecule has 3 nitrogen and oxygen atoms in total. The zero-order chi connectivity index (χ0) is 14.8. The highest BCUT2D eigenvalue weighted by Crippen LogP contribution is 2.19. The molecule has 1 rings (SSSR count). The first-order valence-corrected chi connectivity index (χ1v) is 7.91. The number of rotatable bonds is 10. The van der Waals surface area contributed by atoms with Gasteiger partial charge in [-0.1, -0.05) is 51.1 Å². The van der Waals surface area contributed by atoms with Gasteiger partial charge in [-0.25, -0.2) is 0 Å². The molecule has 0 spiro atoms. The fraction of sp³-hybridized carbons (Fsp3) is 0.647. The van der Waals surface area contributed by atoms with Crippen molar-refractivity contribution < 1.29 is 0 Å². The molecule has 0 aliphatic heterocycles. The zero-order valence-corrected chi connectivity index (χ0v) is 13.3. The van der Waals surface area contributed by atoms with E-state index in [-0.39, 0.29) is 0 Å². The molecule has 3 N–H and O–H groups in total. The minimum Gasteiger partial charge on any atom is -0.329 e. The molecule has 2 unspecified atom stereocenters. The van der Waals surface area contributed by atoms with Crippen LogP contribution in [0.5, 0.6) is 0 Å². The van der Waals surface area contributed by atoms with Gasteiger partial charge in [0.2, 0.25) is 0 Å². The van der Waals surface area contributed by atoms with Gasteiger partial charge in [-0.2, -0.15) is 0 Å². The van der Waals surface area contributed by atoms with E-state index < -0.39 is 0 Å². The lowest BCUT2D eigenvalue weighted by Gasteiger charge is -2.24. The van der Waals surface area contributed by atoms with Gasteiger partial charge >= 0.3 is 0 Å². The molecule has 0 aliphatic rings. The van der Waals surface area contributed by atoms with E-state index in [1.165, 1.54) is 5.56 Å². The van der Waals surface area contributed by atoms with E-state index in [9.17, 15) is 0 Å². The van der Waals surface area contributed by atoms with Crippen LogP contribution in [0.4, 0.5) is 0 Å². The summed E-state index contributed by atoms with van der Waals surface area (Å²) in [7, 11) is 0. The van der Waals surface area contributed by atoms with E-state index in [1.807, 2.05) is 0 Å². The van der Waals surface area contributed by atoms with Crippen LogP contribution in [0, 0.1) is 0 Å². The maximum atomic E-state index is 5.90. The first kappa shape index (κ1) is 17.2. The molecule has 0 saturated heterocycles. The summed E-state index contributed by atoms with van der Waals surface area (Å²) in [5.74, 6) is 0.547. The number of nitrogens with zero attached hydrogens (tertiary/aromatic N) is 1. The summed E-state index contributed by atoms with van der Waals surface area (Å²) >= 11 is 0. The third-order valence-corrected chi connectivity index (χ3v) is 4.05. The van der Waals surface area contributed by atoms with Crippen molar-refractivity contribution in [2.45, 2.75) is 39.2 Å². The van der Waals surface area contributed by atoms with Crippen LogP contribution in [-0.4, -0.2) is 43.7 Å². The lowest BCUT2D eigenvalue weighted by Crippen LogP contribution is -2.41. The number of nitrogens with two attached hydrogens (primary N) is 1. The normalized spacial score (nSPS) is 14.4. The molecule has 0 saturated carbocycles. The van der Waals surface area contributed by atoms with Crippen LogP contribution in [0.3, 0.4) is 0 Å². The Balaban J connectivity index is 2.35. The molecule has 0 fully saturated rings. The van der Waals surface area contributed by atoms with Gasteiger partial charge in [0.15, 0.2) is 0 Å². The van der Waals surface area contributed by atoms with E-state index in [2.05, 4.69) is 61.3 Å². The van der Waals surface area contributed by atoms with Crippen LogP contribution < -0.4 is 11.1 Å². The molecular formula is C17H31N3. The lowest BCUT2D eigenvalue weighted by molar-refractivity contribution is 0.293. The topological polar surface area (TPSA) is 41.3 Å². The smallest absolute Gasteiger partial charge is 0.0196 e. The van der Waals surface area contributed by atoms with E-state index in [0.717, 1.165) is 32.6 Å². The van der Waals surface area contributed by atoms with Crippen molar-refractivity contribution in [2.24, 2.45) is 5.73 Å². The van der Waals surface area contributed by atoms with Crippen molar-refractivity contribution in [2.75, 3.05) is 32.7 Å². The first-order valence-electron chi connectivity index (χ1n) is 7.91. The second-order valence-electron chi connectivity index (χ2n) is 5.46. The Morgan fingerprint density at radius 2 is 1.80 bits per heavy atom. The van der Waals surface area contributed by atoms with E-state index in [4.69, 9.17) is 5.73 Å². The molecule has 0 aromatic heterocycles. The molecular weight excluding hydrogens is 246 g/mol. The number of likely N-dealkylation sites (N-methyl/N-ethyl adjacent to an activating group) is 1. The standard InChI is InChI=1S/C17H31N3/c1-4-20(5-2)12-11-19-17(14-18)13-15(3)16-9-7-6-8-10-16/h6-10,15,17,19H,4-5,11-14,18H2,1-3H3. The second-order valence-corrected chi connectivity index (χ2v) is 5.46. The van der Waals surface area contributed by atoms with Crippen molar-refractivity contribution in [1.29, 1.82) is 0 Å². The fourth-order valence-electron chi connectivity index (χ4n) is 2.57. The molecule has 0 amide bonds. The van der Waals surface area contributed by atoms with Crippen molar-refractivity contribution in [3.63, 3.8) is 0 Å². The monoisotopic (exact) mass is 277 g/mol. The van der Waals surface area contributed by atoms with E-state index in [0.29, 0.717) is 18.5 Å². The summed E-state index contributed by atoms with van der Waals surface area (Å²) < 4.78 is 0. The van der Waals surface area contributed by atoms with Gasteiger partial charge in [0.05, 0.1) is 0 Å². The molecule has 3 heteroatoms. The predicted octanol–water partition coefficient (Wildman–Crippen LogP) is 2.44. The Morgan fingerprint density at radius 1 is 1.15 bits per heavy atom. The molecule has 2 atom stereocenters. The first-order chi connectivity index (χ1) is 9.71. The van der Waals surface area contributed by atoms with Crippen LogP contribution in [0.25, 0.3) is 0 Å². The fourth-order valence-corrected chi connectivity index (χ4v) is 2.57. The average molecular weight is 277 g/mol. The highest BCUT2D eigenvalue weighted by Gasteiger charge is 2.13. The maximum Gasteiger partial charge on any atom is 0.0196 e. The van der Waals surface area contributed by atoms with Gasteiger partial charge in [-0.15, -0.1) is 0 Å². The summed E-state index contributed by atoms with van der Waals surface area (Å²) in [5.41, 5.74) is 7.30. The van der Waals surface area contributed by atoms with Crippen molar-refractivity contribution in [1.82, 2.24) is 10.2 Å². The van der Waals surface area contributed by atoms with E-state index >= 15 is 0 Å². The summed E-state index contributed by atoms with van der Waals surface area (Å²) in [6, 6.07) is 11.1. The molecule has 0 heterocycles. The van der Waals surface area contributed by atoms with Gasteiger partial charge in [0, 0.05) is 25.7 Å². The van der Waals surface area contributed by atoms with Gasteiger partial charge < -0.3 is 16.0 Å². The molecule has 1 aromatic carbocycles. The minimum atomic E-state index is 0.403. The Bertz CT molecular complexity index is 335. The van der Waals surface area contributed by atoms with E-state index in [1.54, 1.807) is 0 Å². The highest BCUT2D eigenvalue weighted by molar-refractivity contribution is 5.18. The molecule has 114 valence electrons. The van der Waals surface area contributed by atoms with Crippen LogP contribution in [0.2, 0.25) is 0 Å². The second kappa shape index (κ2) is 9.92. The minimum absolute atomic E-state index is 0.403. The Morgan fingerprint density at radius 3 is 2.35 bits per heavy atom. The lowest BCUT2D eigenvalue weighted by atomic mass is 9.94. The number of hydrogen-bond donors (Lipinski definition) is 2. The summed E-state index contributed by atoms with van der Waals surface area (Å²) in [6.45, 7) is 11.8. The van der Waals surface area contributed by atoms with Gasteiger partial charge in [0.25, 0.3) is 0 Å². The average Bonchev–Trinajstić information content (AvgIpc) is 2.51. The van der Waals surface area contributed by atoms with Crippen molar-refractivity contribution >= 4 is 0 Å². The van der Waals surface area contributed by atoms with Crippen LogP contribution in [0.15, 0.2) is 30.3 Å². The third kappa shape index (κ3) is 6.04. The number of hydrogen-bond acceptors (Lipinski definition) is 3. The molecule has 0 bridgehead atoms. The Hall–Kier alpha value is -0.900. The predicted molar refractivity (Wildman–Crippen MR) is 88.1 cm³/mol. The summed E-state index contributed by atoms with van der Waals surface area (Å²) in [6.07, 6.45) is 1.10. The van der Waals surface area contributed by atoms with Crippen molar-refractivity contribution in [3.8, 4) is 0 Å². The Kier molecular flexibility index (Phi) is 8.51. The van der Waals surface area contributed by atoms with Crippen molar-refractivity contribution in [3.05, 3.63) is 35.9 Å². The third-order valence-electron chi connectivity index (χ3n) is 4.05. The SMILES string of the molecule is CCN(CC)CCNC(CN)CC(C)c1ccccc1. The van der Waals surface area contributed by atoms with Crippen LogP contribution in [-0.2, 0) is 0 Å². The van der Waals surface area contributed by atoms with Gasteiger partial charge in [-0.05, 0) is 31.0 Å². The number of benzene rings is 1. The molecule has 0 radical (unpaired) electrons. The molecule has 1 aromatic rings. The highest BCUT2D eigenvalue weighted by atomic mass is 15.1. The van der Waals surface area contributed by atoms with Crippen LogP contribution >= 0.6 is 0 Å². The number of nitrogens with one attached hydrogen (secondary N) is 1. The molecule has 0 aliphatic carbocycles. The van der Waals surface area contributed by atoms with Gasteiger partial charge in [-0.3, -0.25) is 0 Å².